The number of esters is 1. The molecule has 2 aromatic carbocycles. The topological polar surface area (TPSA) is 182 Å². The zero-order chi connectivity index (χ0) is 33.2. The first-order valence-corrected chi connectivity index (χ1v) is 16.1. The number of carbonyl (C=O) groups is 1. The molecule has 1 saturated heterocycles. The second-order valence-electron chi connectivity index (χ2n) is 11.0. The molecule has 4 N–H and O–H groups in total. The van der Waals surface area contributed by atoms with Crippen LogP contribution >= 0.6 is 7.75 Å². The number of nitrogens with two attached hydrogens (primary N) is 1. The van der Waals surface area contributed by atoms with Crippen molar-refractivity contribution in [3.8, 4) is 11.6 Å². The number of aromatic nitrogens is 4. The van der Waals surface area contributed by atoms with Crippen molar-refractivity contribution in [2.75, 3.05) is 25.6 Å². The van der Waals surface area contributed by atoms with Gasteiger partial charge in [0.05, 0.1) is 19.5 Å². The number of hydrogen-bond donors (Lipinski definition) is 3. The molecule has 14 nitrogen and oxygen atoms in total. The molecule has 2 aromatic heterocycles. The fourth-order valence-corrected chi connectivity index (χ4v) is 6.24. The van der Waals surface area contributed by atoms with Crippen LogP contribution in [0.3, 0.4) is 0 Å². The summed E-state index contributed by atoms with van der Waals surface area (Å²) >= 11 is 0. The summed E-state index contributed by atoms with van der Waals surface area (Å²) in [7, 11) is -4.66. The fraction of sp³-hybridized carbons (Fsp3) is 0.448. The van der Waals surface area contributed by atoms with Gasteiger partial charge in [-0.2, -0.15) is 15.1 Å². The minimum atomic E-state index is -4.66. The van der Waals surface area contributed by atoms with Gasteiger partial charge in [-0.15, -0.1) is 0 Å². The number of hydrogen-bond acceptors (Lipinski definition) is 12. The standard InChI is InChI=1S/C29H35F2N6O8P/c1-5-41-25-22-24(34-28(32)35-25)37(15-33-22)26-21(30)23(38)29(31,44-26)14-43-46(40,36-17(4)27(39)42-13-16(2)3)45-20-12-8-10-18-9-6-7-11-19(18)20/h6-12,15-17,21,23,26,38H,5,13-14H2,1-4H3,(H,36,40)(H2,32,34,35)/t17?,21-,23+,26-,29-,46?/m1/s1. The van der Waals surface area contributed by atoms with Crippen molar-refractivity contribution in [1.29, 1.82) is 0 Å². The minimum Gasteiger partial charge on any atom is -0.476 e. The lowest BCUT2D eigenvalue weighted by atomic mass is 10.1. The van der Waals surface area contributed by atoms with Crippen molar-refractivity contribution in [3.05, 3.63) is 48.8 Å². The molecule has 6 atom stereocenters. The van der Waals surface area contributed by atoms with Crippen LogP contribution in [-0.4, -0.2) is 74.6 Å². The molecule has 0 saturated carbocycles. The molecule has 248 valence electrons. The predicted octanol–water partition coefficient (Wildman–Crippen LogP) is 4.24. The van der Waals surface area contributed by atoms with Crippen molar-refractivity contribution < 1.29 is 46.5 Å². The van der Waals surface area contributed by atoms with Crippen LogP contribution in [0.1, 0.15) is 33.9 Å². The normalized spacial score (nSPS) is 23.4. The van der Waals surface area contributed by atoms with Gasteiger partial charge in [0.1, 0.15) is 18.4 Å². The highest BCUT2D eigenvalue weighted by molar-refractivity contribution is 7.52. The number of aliphatic hydroxyl groups excluding tert-OH is 1. The summed E-state index contributed by atoms with van der Waals surface area (Å²) in [6.45, 7) is 5.79. The Morgan fingerprint density at radius 1 is 1.22 bits per heavy atom. The molecule has 0 amide bonds. The number of nitrogens with zero attached hydrogens (tertiary/aromatic N) is 4. The van der Waals surface area contributed by atoms with E-state index in [1.54, 1.807) is 43.3 Å². The van der Waals surface area contributed by atoms with Gasteiger partial charge in [0, 0.05) is 5.39 Å². The zero-order valence-electron chi connectivity index (χ0n) is 25.5. The van der Waals surface area contributed by atoms with Gasteiger partial charge in [-0.1, -0.05) is 50.2 Å². The average Bonchev–Trinajstić information content (AvgIpc) is 3.53. The van der Waals surface area contributed by atoms with E-state index < -0.39 is 50.7 Å². The monoisotopic (exact) mass is 664 g/mol. The summed E-state index contributed by atoms with van der Waals surface area (Å²) in [4.78, 5) is 24.8. The molecule has 0 aliphatic carbocycles. The van der Waals surface area contributed by atoms with E-state index in [2.05, 4.69) is 20.0 Å². The van der Waals surface area contributed by atoms with E-state index >= 15 is 8.78 Å². The highest BCUT2D eigenvalue weighted by Gasteiger charge is 2.58. The van der Waals surface area contributed by atoms with Crippen LogP contribution in [0.2, 0.25) is 0 Å². The van der Waals surface area contributed by atoms with Crippen LogP contribution in [0.15, 0.2) is 48.8 Å². The van der Waals surface area contributed by atoms with Gasteiger partial charge in [0.15, 0.2) is 29.7 Å². The van der Waals surface area contributed by atoms with Crippen LogP contribution in [0.5, 0.6) is 11.6 Å². The molecule has 1 aliphatic rings. The molecule has 3 heterocycles. The van der Waals surface area contributed by atoms with Crippen LogP contribution < -0.4 is 20.1 Å². The lowest BCUT2D eigenvalue weighted by Gasteiger charge is -2.27. The molecule has 5 rings (SSSR count). The third-order valence-corrected chi connectivity index (χ3v) is 8.57. The Kier molecular flexibility index (Phi) is 9.75. The number of anilines is 1. The fourth-order valence-electron chi connectivity index (χ4n) is 4.72. The molecular formula is C29H35F2N6O8P. The number of halogens is 2. The lowest BCUT2D eigenvalue weighted by Crippen LogP contribution is -2.43. The smallest absolute Gasteiger partial charge is 0.459 e. The number of alkyl halides is 2. The first kappa shape index (κ1) is 33.4. The molecule has 46 heavy (non-hydrogen) atoms. The first-order valence-electron chi connectivity index (χ1n) is 14.5. The summed E-state index contributed by atoms with van der Waals surface area (Å²) in [5, 5.41) is 14.4. The summed E-state index contributed by atoms with van der Waals surface area (Å²) < 4.78 is 74.2. The van der Waals surface area contributed by atoms with Crippen LogP contribution in [0.4, 0.5) is 14.7 Å². The number of ether oxygens (including phenoxy) is 3. The average molecular weight is 665 g/mol. The predicted molar refractivity (Wildman–Crippen MR) is 162 cm³/mol. The van der Waals surface area contributed by atoms with E-state index in [9.17, 15) is 14.5 Å². The maximum absolute atomic E-state index is 16.3. The van der Waals surface area contributed by atoms with Crippen molar-refractivity contribution in [1.82, 2.24) is 24.6 Å². The Balaban J connectivity index is 1.41. The Morgan fingerprint density at radius 3 is 2.70 bits per heavy atom. The number of carbonyl (C=O) groups excluding carboxylic acids is 1. The Labute approximate surface area is 262 Å². The van der Waals surface area contributed by atoms with Gasteiger partial charge >= 0.3 is 13.7 Å². The van der Waals surface area contributed by atoms with Crippen LogP contribution in [0, 0.1) is 5.92 Å². The SMILES string of the molecule is CCOc1nc(N)nc2c1ncn2[C@@H]1O[C@](F)(COP(=O)(NC(C)C(=O)OCC(C)C)Oc2cccc3ccccc23)[C@@H](O)[C@H]1F. The van der Waals surface area contributed by atoms with Gasteiger partial charge in [-0.05, 0) is 31.2 Å². The number of nitrogen functional groups attached to an aromatic ring is 1. The summed E-state index contributed by atoms with van der Waals surface area (Å²) in [5.41, 5.74) is 5.84. The van der Waals surface area contributed by atoms with Gasteiger partial charge in [-0.25, -0.2) is 18.3 Å². The largest absolute Gasteiger partial charge is 0.476 e. The number of nitrogens with one attached hydrogen (secondary N) is 1. The number of imidazole rings is 1. The molecule has 0 radical (unpaired) electrons. The number of aliphatic hydroxyl groups is 1. The van der Waals surface area contributed by atoms with Gasteiger partial charge in [0.25, 0.3) is 5.85 Å². The van der Waals surface area contributed by atoms with Crippen molar-refractivity contribution >= 4 is 41.6 Å². The second-order valence-corrected chi connectivity index (χ2v) is 12.7. The van der Waals surface area contributed by atoms with Crippen molar-refractivity contribution in [2.24, 2.45) is 5.92 Å². The molecule has 1 fully saturated rings. The Hall–Kier alpha value is -3.95. The molecular weight excluding hydrogens is 629 g/mol. The zero-order valence-corrected chi connectivity index (χ0v) is 26.4. The quantitative estimate of drug-likeness (QED) is 0.137. The lowest BCUT2D eigenvalue weighted by molar-refractivity contribution is -0.202. The van der Waals surface area contributed by atoms with E-state index in [4.69, 9.17) is 29.0 Å². The Morgan fingerprint density at radius 2 is 1.96 bits per heavy atom. The summed E-state index contributed by atoms with van der Waals surface area (Å²) in [5.74, 6) is -4.10. The third-order valence-electron chi connectivity index (χ3n) is 6.96. The number of fused-ring (bicyclic) bond motifs is 2. The van der Waals surface area contributed by atoms with Crippen LogP contribution in [-0.2, 0) is 23.4 Å². The molecule has 2 unspecified atom stereocenters. The molecule has 17 heteroatoms. The Bertz CT molecular complexity index is 1760. The number of benzene rings is 2. The van der Waals surface area contributed by atoms with E-state index in [0.717, 1.165) is 16.3 Å². The van der Waals surface area contributed by atoms with Crippen LogP contribution in [0.25, 0.3) is 21.9 Å². The first-order chi connectivity index (χ1) is 21.8. The second kappa shape index (κ2) is 13.4. The highest BCUT2D eigenvalue weighted by atomic mass is 31.2. The van der Waals surface area contributed by atoms with E-state index in [-0.39, 0.29) is 47.9 Å². The van der Waals surface area contributed by atoms with Crippen molar-refractivity contribution in [3.63, 3.8) is 0 Å². The third kappa shape index (κ3) is 6.90. The van der Waals surface area contributed by atoms with Crippen molar-refractivity contribution in [2.45, 2.75) is 58.1 Å². The van der Waals surface area contributed by atoms with E-state index in [0.29, 0.717) is 5.39 Å². The summed E-state index contributed by atoms with van der Waals surface area (Å²) in [6.07, 6.45) is -5.47. The van der Waals surface area contributed by atoms with E-state index in [1.807, 2.05) is 13.8 Å². The maximum atomic E-state index is 16.3. The molecule has 0 bridgehead atoms. The molecule has 0 spiro atoms. The molecule has 1 aliphatic heterocycles. The van der Waals surface area contributed by atoms with Gasteiger partial charge in [-0.3, -0.25) is 13.9 Å². The minimum absolute atomic E-state index is 0.0196. The van der Waals surface area contributed by atoms with Gasteiger partial charge in [0.2, 0.25) is 11.8 Å². The number of rotatable bonds is 13. The highest BCUT2D eigenvalue weighted by Crippen LogP contribution is 2.50. The maximum Gasteiger partial charge on any atom is 0.459 e. The van der Waals surface area contributed by atoms with Gasteiger partial charge < -0.3 is 29.6 Å². The van der Waals surface area contributed by atoms with E-state index in [1.165, 1.54) is 13.0 Å². The summed E-state index contributed by atoms with van der Waals surface area (Å²) in [6, 6.07) is 10.7. The molecule has 4 aromatic rings.